The Kier molecular flexibility index (Phi) is 18.6. The van der Waals surface area contributed by atoms with Crippen molar-refractivity contribution in [2.75, 3.05) is 0 Å². The molecule has 0 saturated carbocycles. The van der Waals surface area contributed by atoms with Crippen LogP contribution in [0.3, 0.4) is 0 Å². The molecule has 6 rings (SSSR count). The third-order valence-corrected chi connectivity index (χ3v) is 10.1. The molecule has 6 aromatic rings. The number of benzene rings is 6. The zero-order valence-corrected chi connectivity index (χ0v) is 40.9. The van der Waals surface area contributed by atoms with Gasteiger partial charge in [-0.25, -0.2) is 9.98 Å². The molecule has 0 amide bonds. The van der Waals surface area contributed by atoms with Crippen LogP contribution < -0.4 is 35.0 Å². The quantitative estimate of drug-likeness (QED) is 0.133. The molecule has 7 heteroatoms. The predicted octanol–water partition coefficient (Wildman–Crippen LogP) is 7.05. The van der Waals surface area contributed by atoms with Crippen LogP contribution in [0.2, 0.25) is 0 Å². The van der Waals surface area contributed by atoms with E-state index in [0.29, 0.717) is 11.1 Å². The zero-order chi connectivity index (χ0) is 42.5. The summed E-state index contributed by atoms with van der Waals surface area (Å²) in [6.07, 6.45) is 0. The summed E-state index contributed by atoms with van der Waals surface area (Å²) in [7, 11) is 0. The predicted molar refractivity (Wildman–Crippen MR) is 243 cm³/mol. The van der Waals surface area contributed by atoms with Gasteiger partial charge in [-0.1, -0.05) is 204 Å². The van der Waals surface area contributed by atoms with E-state index >= 15 is 0 Å². The Labute approximate surface area is 393 Å². The monoisotopic (exact) mass is 886 g/mol. The first-order valence-electron chi connectivity index (χ1n) is 20.3. The fourth-order valence-corrected chi connectivity index (χ4v) is 6.61. The second kappa shape index (κ2) is 21.6. The van der Waals surface area contributed by atoms with E-state index in [1.54, 1.807) is 0 Å². The molecule has 0 fully saturated rings. The topological polar surface area (TPSA) is 70.8 Å². The molecule has 0 aliphatic rings. The van der Waals surface area contributed by atoms with Crippen molar-refractivity contribution < 1.29 is 56.7 Å². The Bertz CT molecular complexity index is 2200. The molecule has 0 radical (unpaired) electrons. The number of hydrogen-bond donors (Lipinski definition) is 0. The normalized spacial score (nSPS) is 12.2. The van der Waals surface area contributed by atoms with E-state index in [4.69, 9.17) is 9.98 Å². The molecule has 0 aliphatic heterocycles. The molecular formula is C54H60Cl2N2O2Ti. The summed E-state index contributed by atoms with van der Waals surface area (Å²) in [4.78, 5) is 9.85. The molecule has 0 aliphatic carbocycles. The molecule has 4 nitrogen and oxygen atoms in total. The SMILES string of the molecule is CC(C)(C)c1cc(/C(=N\c2ccccc2)c2ccccc2)c([O-])c(C(C)(C)C)c1.CC(C)(C)c1cc(/C(=N\c2ccccc2)c2ccccc2)c([O-])c(C(C)(C)C)c1.[Cl-].[Cl-].[Ti+4]. The van der Waals surface area contributed by atoms with E-state index in [1.807, 2.05) is 133 Å². The third kappa shape index (κ3) is 13.8. The molecule has 0 spiro atoms. The van der Waals surface area contributed by atoms with E-state index < -0.39 is 0 Å². The van der Waals surface area contributed by atoms with E-state index in [-0.39, 0.29) is 79.7 Å². The average Bonchev–Trinajstić information content (AvgIpc) is 3.16. The summed E-state index contributed by atoms with van der Waals surface area (Å²) in [6, 6.07) is 47.8. The minimum absolute atomic E-state index is 0. The van der Waals surface area contributed by atoms with Crippen LogP contribution in [0.1, 0.15) is 128 Å². The number of aliphatic imine (C=N–C) groups is 2. The molecule has 0 atom stereocenters. The van der Waals surface area contributed by atoms with Gasteiger partial charge in [0.1, 0.15) is 0 Å². The molecule has 6 aromatic carbocycles. The molecular weight excluding hydrogens is 827 g/mol. The molecule has 316 valence electrons. The van der Waals surface area contributed by atoms with Crippen molar-refractivity contribution in [3.63, 3.8) is 0 Å². The van der Waals surface area contributed by atoms with Crippen LogP contribution in [0.5, 0.6) is 11.5 Å². The Hall–Kier alpha value is -4.45. The van der Waals surface area contributed by atoms with Crippen LogP contribution in [0.15, 0.2) is 156 Å². The van der Waals surface area contributed by atoms with Crippen LogP contribution in [0.4, 0.5) is 11.4 Å². The van der Waals surface area contributed by atoms with Gasteiger partial charge in [-0.2, -0.15) is 0 Å². The summed E-state index contributed by atoms with van der Waals surface area (Å²) >= 11 is 0. The Morgan fingerprint density at radius 2 is 0.639 bits per heavy atom. The Balaban J connectivity index is 0.000000400. The van der Waals surface area contributed by atoms with Crippen LogP contribution in [-0.2, 0) is 43.4 Å². The molecule has 0 N–H and O–H groups in total. The van der Waals surface area contributed by atoms with E-state index in [2.05, 4.69) is 95.2 Å². The fourth-order valence-electron chi connectivity index (χ4n) is 6.61. The summed E-state index contributed by atoms with van der Waals surface area (Å²) in [5, 5.41) is 27.2. The van der Waals surface area contributed by atoms with Gasteiger partial charge in [0.2, 0.25) is 0 Å². The fraction of sp³-hybridized carbons (Fsp3) is 0.296. The number of hydrogen-bond acceptors (Lipinski definition) is 4. The van der Waals surface area contributed by atoms with Crippen LogP contribution >= 0.6 is 0 Å². The van der Waals surface area contributed by atoms with Gasteiger partial charge in [0.15, 0.2) is 0 Å². The number of nitrogens with zero attached hydrogens (tertiary/aromatic N) is 2. The van der Waals surface area contributed by atoms with Gasteiger partial charge in [-0.05, 0) is 91.4 Å². The average molecular weight is 888 g/mol. The van der Waals surface area contributed by atoms with E-state index in [0.717, 1.165) is 56.2 Å². The summed E-state index contributed by atoms with van der Waals surface area (Å²) in [6.45, 7) is 25.6. The zero-order valence-electron chi connectivity index (χ0n) is 37.8. The Morgan fingerprint density at radius 3 is 0.885 bits per heavy atom. The minimum atomic E-state index is -0.248. The van der Waals surface area contributed by atoms with E-state index in [1.165, 1.54) is 0 Å². The molecule has 0 aromatic heterocycles. The van der Waals surface area contributed by atoms with Crippen molar-refractivity contribution in [1.82, 2.24) is 0 Å². The van der Waals surface area contributed by atoms with Crippen molar-refractivity contribution in [3.8, 4) is 11.5 Å². The number of rotatable bonds is 6. The maximum atomic E-state index is 13.6. The maximum Gasteiger partial charge on any atom is 4.00 e. The molecule has 0 saturated heterocycles. The maximum absolute atomic E-state index is 13.6. The van der Waals surface area contributed by atoms with Crippen LogP contribution in [0.25, 0.3) is 0 Å². The molecule has 61 heavy (non-hydrogen) atoms. The smallest absolute Gasteiger partial charge is 1.00 e. The second-order valence-corrected chi connectivity index (χ2v) is 19.1. The van der Waals surface area contributed by atoms with Crippen molar-refractivity contribution in [2.24, 2.45) is 9.98 Å². The van der Waals surface area contributed by atoms with Crippen molar-refractivity contribution in [1.29, 1.82) is 0 Å². The van der Waals surface area contributed by atoms with Crippen LogP contribution in [-0.4, -0.2) is 11.4 Å². The second-order valence-electron chi connectivity index (χ2n) is 19.1. The molecule has 0 unspecified atom stereocenters. The minimum Gasteiger partial charge on any atom is -1.00 e. The van der Waals surface area contributed by atoms with Gasteiger partial charge < -0.3 is 35.0 Å². The first-order chi connectivity index (χ1) is 27.1. The van der Waals surface area contributed by atoms with Gasteiger partial charge in [0, 0.05) is 11.1 Å². The van der Waals surface area contributed by atoms with Crippen molar-refractivity contribution in [3.05, 3.63) is 190 Å². The number of para-hydroxylation sites is 2. The van der Waals surface area contributed by atoms with Gasteiger partial charge in [-0.15, -0.1) is 0 Å². The van der Waals surface area contributed by atoms with Gasteiger partial charge in [0.05, 0.1) is 22.8 Å². The first kappa shape index (κ1) is 52.7. The van der Waals surface area contributed by atoms with E-state index in [9.17, 15) is 10.2 Å². The van der Waals surface area contributed by atoms with Crippen molar-refractivity contribution >= 4 is 22.8 Å². The summed E-state index contributed by atoms with van der Waals surface area (Å²) in [5.74, 6) is 0.119. The van der Waals surface area contributed by atoms with Gasteiger partial charge in [-0.3, -0.25) is 0 Å². The summed E-state index contributed by atoms with van der Waals surface area (Å²) < 4.78 is 0. The first-order valence-corrected chi connectivity index (χ1v) is 20.3. The summed E-state index contributed by atoms with van der Waals surface area (Å²) in [5.41, 5.74) is 9.64. The van der Waals surface area contributed by atoms with Crippen molar-refractivity contribution in [2.45, 2.75) is 105 Å². The Morgan fingerprint density at radius 1 is 0.377 bits per heavy atom. The van der Waals surface area contributed by atoms with Gasteiger partial charge >= 0.3 is 21.7 Å². The molecule has 0 bridgehead atoms. The third-order valence-electron chi connectivity index (χ3n) is 10.1. The van der Waals surface area contributed by atoms with Gasteiger partial charge in [0.25, 0.3) is 0 Å². The largest absolute Gasteiger partial charge is 4.00 e. The number of halogens is 2. The van der Waals surface area contributed by atoms with Crippen LogP contribution in [0, 0.1) is 0 Å². The standard InChI is InChI=1S/2C27H31NO.2ClH.Ti/c2*1-26(2,3)20-17-22(25(29)23(18-20)27(4,5)6)24(19-13-9-7-10-14-19)28-21-15-11-8-12-16-21;;;/h2*7-18,29H,1-6H3;2*1H;/q;;;;+4/p-4/b2*28-24-;;;. The molecule has 0 heterocycles.